The first kappa shape index (κ1) is 17.6. The number of ether oxygens (including phenoxy) is 3. The van der Waals surface area contributed by atoms with Crippen molar-refractivity contribution in [1.82, 2.24) is 5.43 Å². The SMILES string of the molecule is COc1ccc(NC(=S)N/N=C\c2ccc(OC)cc2OC)cc1. The summed E-state index contributed by atoms with van der Waals surface area (Å²) in [4.78, 5) is 0. The van der Waals surface area contributed by atoms with Crippen LogP contribution >= 0.6 is 12.2 Å². The predicted octanol–water partition coefficient (Wildman–Crippen LogP) is 3.03. The van der Waals surface area contributed by atoms with Crippen molar-refractivity contribution in [3.63, 3.8) is 0 Å². The zero-order valence-electron chi connectivity index (χ0n) is 13.7. The van der Waals surface area contributed by atoms with E-state index in [1.807, 2.05) is 36.4 Å². The van der Waals surface area contributed by atoms with Gasteiger partial charge in [-0.1, -0.05) is 0 Å². The standard InChI is InChI=1S/C17H19N3O3S/c1-21-14-8-5-13(6-9-14)19-17(24)20-18-11-12-4-7-15(22-2)10-16(12)23-3/h4-11H,1-3H3,(H2,19,20,24)/b18-11-. The van der Waals surface area contributed by atoms with Crippen LogP contribution in [0.15, 0.2) is 47.6 Å². The number of hydrazone groups is 1. The third kappa shape index (κ3) is 4.85. The monoisotopic (exact) mass is 345 g/mol. The minimum atomic E-state index is 0.379. The number of hydrogen-bond donors (Lipinski definition) is 2. The Morgan fingerprint density at radius 3 is 2.25 bits per heavy atom. The van der Waals surface area contributed by atoms with E-state index < -0.39 is 0 Å². The molecule has 0 bridgehead atoms. The van der Waals surface area contributed by atoms with Gasteiger partial charge in [-0.05, 0) is 48.6 Å². The van der Waals surface area contributed by atoms with Gasteiger partial charge in [0.05, 0.1) is 27.5 Å². The molecule has 0 saturated heterocycles. The van der Waals surface area contributed by atoms with Crippen LogP contribution in [0, 0.1) is 0 Å². The van der Waals surface area contributed by atoms with E-state index in [0.717, 1.165) is 17.0 Å². The second-order valence-electron chi connectivity index (χ2n) is 4.66. The molecule has 0 spiro atoms. The summed E-state index contributed by atoms with van der Waals surface area (Å²) in [7, 11) is 4.82. The molecule has 7 heteroatoms. The smallest absolute Gasteiger partial charge is 0.191 e. The summed E-state index contributed by atoms with van der Waals surface area (Å²) in [5.74, 6) is 2.16. The van der Waals surface area contributed by atoms with E-state index in [1.165, 1.54) is 0 Å². The lowest BCUT2D eigenvalue weighted by Gasteiger charge is -2.09. The molecule has 0 aliphatic rings. The number of nitrogens with zero attached hydrogens (tertiary/aromatic N) is 1. The van der Waals surface area contributed by atoms with Crippen molar-refractivity contribution in [2.75, 3.05) is 26.6 Å². The van der Waals surface area contributed by atoms with E-state index in [-0.39, 0.29) is 0 Å². The Labute approximate surface area is 146 Å². The van der Waals surface area contributed by atoms with Gasteiger partial charge in [0.2, 0.25) is 0 Å². The van der Waals surface area contributed by atoms with Gasteiger partial charge in [0.15, 0.2) is 5.11 Å². The summed E-state index contributed by atoms with van der Waals surface area (Å²) in [5, 5.41) is 7.52. The zero-order chi connectivity index (χ0) is 17.4. The molecule has 0 aromatic heterocycles. The van der Waals surface area contributed by atoms with Crippen LogP contribution in [0.5, 0.6) is 17.2 Å². The van der Waals surface area contributed by atoms with Crippen LogP contribution in [0.2, 0.25) is 0 Å². The Balaban J connectivity index is 1.94. The highest BCUT2D eigenvalue weighted by atomic mass is 32.1. The highest BCUT2D eigenvalue weighted by Gasteiger charge is 2.03. The molecule has 0 aliphatic carbocycles. The average molecular weight is 345 g/mol. The molecule has 2 rings (SSSR count). The van der Waals surface area contributed by atoms with E-state index in [0.29, 0.717) is 16.6 Å². The lowest BCUT2D eigenvalue weighted by molar-refractivity contribution is 0.394. The van der Waals surface area contributed by atoms with Gasteiger partial charge in [-0.3, -0.25) is 5.43 Å². The zero-order valence-corrected chi connectivity index (χ0v) is 14.5. The lowest BCUT2D eigenvalue weighted by atomic mass is 10.2. The minimum absolute atomic E-state index is 0.379. The van der Waals surface area contributed by atoms with Gasteiger partial charge >= 0.3 is 0 Å². The van der Waals surface area contributed by atoms with Crippen LogP contribution in [0.4, 0.5) is 5.69 Å². The van der Waals surface area contributed by atoms with Crippen molar-refractivity contribution in [3.05, 3.63) is 48.0 Å². The summed E-state index contributed by atoms with van der Waals surface area (Å²) < 4.78 is 15.6. The van der Waals surface area contributed by atoms with E-state index in [1.54, 1.807) is 33.6 Å². The first-order chi connectivity index (χ1) is 11.7. The van der Waals surface area contributed by atoms with Crippen LogP contribution in [-0.4, -0.2) is 32.7 Å². The molecule has 24 heavy (non-hydrogen) atoms. The highest BCUT2D eigenvalue weighted by molar-refractivity contribution is 7.80. The minimum Gasteiger partial charge on any atom is -0.497 e. The first-order valence-electron chi connectivity index (χ1n) is 7.12. The first-order valence-corrected chi connectivity index (χ1v) is 7.53. The molecule has 2 aromatic rings. The molecule has 2 N–H and O–H groups in total. The number of anilines is 1. The van der Waals surface area contributed by atoms with Gasteiger partial charge in [0.1, 0.15) is 17.2 Å². The van der Waals surface area contributed by atoms with Crippen LogP contribution in [0.1, 0.15) is 5.56 Å². The maximum absolute atomic E-state index is 5.30. The topological polar surface area (TPSA) is 64.1 Å². The normalized spacial score (nSPS) is 10.3. The Kier molecular flexibility index (Phi) is 6.39. The fourth-order valence-electron chi connectivity index (χ4n) is 1.92. The molecule has 0 atom stereocenters. The third-order valence-electron chi connectivity index (χ3n) is 3.16. The Morgan fingerprint density at radius 1 is 0.958 bits per heavy atom. The van der Waals surface area contributed by atoms with Crippen molar-refractivity contribution < 1.29 is 14.2 Å². The largest absolute Gasteiger partial charge is 0.497 e. The van der Waals surface area contributed by atoms with Gasteiger partial charge in [-0.2, -0.15) is 5.10 Å². The van der Waals surface area contributed by atoms with Crippen molar-refractivity contribution >= 4 is 29.2 Å². The van der Waals surface area contributed by atoms with Gasteiger partial charge in [-0.25, -0.2) is 0 Å². The molecule has 6 nitrogen and oxygen atoms in total. The Hall–Kier alpha value is -2.80. The molecule has 0 saturated carbocycles. The van der Waals surface area contributed by atoms with Crippen molar-refractivity contribution in [3.8, 4) is 17.2 Å². The number of benzene rings is 2. The molecular weight excluding hydrogens is 326 g/mol. The molecule has 2 aromatic carbocycles. The lowest BCUT2D eigenvalue weighted by Crippen LogP contribution is -2.23. The second-order valence-corrected chi connectivity index (χ2v) is 5.07. The van der Waals surface area contributed by atoms with E-state index in [2.05, 4.69) is 15.8 Å². The van der Waals surface area contributed by atoms with Crippen LogP contribution in [-0.2, 0) is 0 Å². The second kappa shape index (κ2) is 8.73. The summed E-state index contributed by atoms with van der Waals surface area (Å²) in [6.07, 6.45) is 1.63. The molecule has 0 heterocycles. The molecular formula is C17H19N3O3S. The molecule has 0 aliphatic heterocycles. The highest BCUT2D eigenvalue weighted by Crippen LogP contribution is 2.23. The van der Waals surface area contributed by atoms with Gasteiger partial charge in [0.25, 0.3) is 0 Å². The molecule has 0 amide bonds. The van der Waals surface area contributed by atoms with Crippen LogP contribution in [0.25, 0.3) is 0 Å². The third-order valence-corrected chi connectivity index (χ3v) is 3.35. The maximum Gasteiger partial charge on any atom is 0.191 e. The average Bonchev–Trinajstić information content (AvgIpc) is 2.62. The maximum atomic E-state index is 5.30. The number of nitrogens with one attached hydrogen (secondary N) is 2. The fraction of sp³-hybridized carbons (Fsp3) is 0.176. The van der Waals surface area contributed by atoms with Crippen LogP contribution < -0.4 is 25.0 Å². The summed E-state index contributed by atoms with van der Waals surface area (Å²) in [5.41, 5.74) is 4.40. The quantitative estimate of drug-likeness (QED) is 0.477. The van der Waals surface area contributed by atoms with E-state index in [9.17, 15) is 0 Å². The molecule has 0 fully saturated rings. The van der Waals surface area contributed by atoms with Crippen molar-refractivity contribution in [1.29, 1.82) is 0 Å². The number of thiocarbonyl (C=S) groups is 1. The number of rotatable bonds is 6. The Bertz CT molecular complexity index is 718. The summed E-state index contributed by atoms with van der Waals surface area (Å²) in [6.45, 7) is 0. The fourth-order valence-corrected chi connectivity index (χ4v) is 2.09. The summed E-state index contributed by atoms with van der Waals surface area (Å²) in [6, 6.07) is 12.9. The molecule has 0 unspecified atom stereocenters. The van der Waals surface area contributed by atoms with Gasteiger partial charge in [-0.15, -0.1) is 0 Å². The summed E-state index contributed by atoms with van der Waals surface area (Å²) >= 11 is 5.19. The Morgan fingerprint density at radius 2 is 1.62 bits per heavy atom. The van der Waals surface area contributed by atoms with Crippen LogP contribution in [0.3, 0.4) is 0 Å². The van der Waals surface area contributed by atoms with Gasteiger partial charge in [0, 0.05) is 17.3 Å². The van der Waals surface area contributed by atoms with E-state index >= 15 is 0 Å². The van der Waals surface area contributed by atoms with Crippen molar-refractivity contribution in [2.45, 2.75) is 0 Å². The predicted molar refractivity (Wildman–Crippen MR) is 99.5 cm³/mol. The molecule has 126 valence electrons. The number of hydrogen-bond acceptors (Lipinski definition) is 5. The van der Waals surface area contributed by atoms with E-state index in [4.69, 9.17) is 26.4 Å². The number of methoxy groups -OCH3 is 3. The van der Waals surface area contributed by atoms with Gasteiger partial charge < -0.3 is 19.5 Å². The molecule has 0 radical (unpaired) electrons. The van der Waals surface area contributed by atoms with Crippen molar-refractivity contribution in [2.24, 2.45) is 5.10 Å².